The smallest absolute Gasteiger partial charge is 0.208 e. The molecule has 0 amide bonds. The summed E-state index contributed by atoms with van der Waals surface area (Å²) in [7, 11) is -3.45. The second kappa shape index (κ2) is 6.32. The summed E-state index contributed by atoms with van der Waals surface area (Å²) in [6.07, 6.45) is 4.11. The van der Waals surface area contributed by atoms with Crippen LogP contribution in [0.15, 0.2) is 4.90 Å². The third kappa shape index (κ3) is 3.23. The first-order valence-corrected chi connectivity index (χ1v) is 9.72. The van der Waals surface area contributed by atoms with Crippen molar-refractivity contribution in [2.45, 2.75) is 78.2 Å². The van der Waals surface area contributed by atoms with Crippen LogP contribution in [0, 0.1) is 40.5 Å². The van der Waals surface area contributed by atoms with E-state index in [1.54, 1.807) is 0 Å². The van der Waals surface area contributed by atoms with Gasteiger partial charge in [-0.25, -0.2) is 13.1 Å². The van der Waals surface area contributed by atoms with Crippen molar-refractivity contribution in [2.24, 2.45) is 5.92 Å². The van der Waals surface area contributed by atoms with Crippen LogP contribution in [0.1, 0.15) is 60.4 Å². The fourth-order valence-corrected chi connectivity index (χ4v) is 5.43. The first kappa shape index (κ1) is 17.5. The maximum atomic E-state index is 12.9. The zero-order valence-electron chi connectivity index (χ0n) is 14.7. The number of benzene rings is 1. The van der Waals surface area contributed by atoms with E-state index in [1.807, 2.05) is 27.7 Å². The van der Waals surface area contributed by atoms with Crippen LogP contribution in [-0.2, 0) is 10.0 Å². The molecule has 3 nitrogen and oxygen atoms in total. The molecule has 0 radical (unpaired) electrons. The molecule has 0 saturated heterocycles. The molecule has 1 aliphatic carbocycles. The lowest BCUT2D eigenvalue weighted by Gasteiger charge is -2.28. The van der Waals surface area contributed by atoms with E-state index in [1.165, 1.54) is 5.56 Å². The average Bonchev–Trinajstić information content (AvgIpc) is 2.45. The van der Waals surface area contributed by atoms with Gasteiger partial charge in [0.2, 0.25) is 10.0 Å². The first-order valence-electron chi connectivity index (χ1n) is 8.24. The molecule has 0 bridgehead atoms. The molecule has 0 spiro atoms. The molecule has 0 aromatic heterocycles. The topological polar surface area (TPSA) is 46.2 Å². The van der Waals surface area contributed by atoms with Gasteiger partial charge in [-0.15, -0.1) is 0 Å². The van der Waals surface area contributed by atoms with Crippen molar-refractivity contribution in [1.29, 1.82) is 0 Å². The molecule has 22 heavy (non-hydrogen) atoms. The molecule has 1 fully saturated rings. The summed E-state index contributed by atoms with van der Waals surface area (Å²) < 4.78 is 28.8. The number of rotatable bonds is 3. The molecule has 0 aliphatic heterocycles. The van der Waals surface area contributed by atoms with E-state index >= 15 is 0 Å². The number of hydrogen-bond acceptors (Lipinski definition) is 2. The van der Waals surface area contributed by atoms with Gasteiger partial charge < -0.3 is 0 Å². The normalized spacial score (nSPS) is 22.8. The first-order chi connectivity index (χ1) is 10.1. The summed E-state index contributed by atoms with van der Waals surface area (Å²) in [5, 5.41) is 0. The summed E-state index contributed by atoms with van der Waals surface area (Å²) in [6, 6.07) is 0.0851. The van der Waals surface area contributed by atoms with Crippen LogP contribution in [0.3, 0.4) is 0 Å². The number of sulfonamides is 1. The largest absolute Gasteiger partial charge is 0.241 e. The fraction of sp³-hybridized carbons (Fsp3) is 0.667. The zero-order chi connectivity index (χ0) is 16.7. The van der Waals surface area contributed by atoms with Crippen LogP contribution in [0.5, 0.6) is 0 Å². The van der Waals surface area contributed by atoms with Crippen LogP contribution < -0.4 is 4.72 Å². The number of nitrogens with one attached hydrogen (secondary N) is 1. The maximum absolute atomic E-state index is 12.9. The van der Waals surface area contributed by atoms with E-state index in [0.29, 0.717) is 10.8 Å². The summed E-state index contributed by atoms with van der Waals surface area (Å²) in [4.78, 5) is 0.492. The van der Waals surface area contributed by atoms with Gasteiger partial charge in [0.1, 0.15) is 0 Å². The third-order valence-electron chi connectivity index (χ3n) is 5.54. The fourth-order valence-electron chi connectivity index (χ4n) is 3.52. The highest BCUT2D eigenvalue weighted by molar-refractivity contribution is 7.89. The van der Waals surface area contributed by atoms with Crippen molar-refractivity contribution >= 4 is 10.0 Å². The third-order valence-corrected chi connectivity index (χ3v) is 7.33. The SMILES string of the molecule is Cc1c(C)c(C)c(S(=O)(=O)NC2CCC(C)CC2)c(C)c1C. The lowest BCUT2D eigenvalue weighted by molar-refractivity contribution is 0.332. The van der Waals surface area contributed by atoms with E-state index < -0.39 is 10.0 Å². The van der Waals surface area contributed by atoms with E-state index in [2.05, 4.69) is 18.6 Å². The van der Waals surface area contributed by atoms with Crippen molar-refractivity contribution in [3.8, 4) is 0 Å². The quantitative estimate of drug-likeness (QED) is 0.911. The molecule has 1 aliphatic rings. The lowest BCUT2D eigenvalue weighted by atomic mass is 9.88. The Morgan fingerprint density at radius 1 is 0.773 bits per heavy atom. The van der Waals surface area contributed by atoms with Crippen molar-refractivity contribution in [2.75, 3.05) is 0 Å². The van der Waals surface area contributed by atoms with Gasteiger partial charge in [-0.2, -0.15) is 0 Å². The van der Waals surface area contributed by atoms with Crippen molar-refractivity contribution in [3.63, 3.8) is 0 Å². The standard InChI is InChI=1S/C18H29NO2S/c1-11-7-9-17(10-8-11)19-22(20,21)18-15(5)13(3)12(2)14(4)16(18)6/h11,17,19H,7-10H2,1-6H3. The minimum absolute atomic E-state index is 0.0851. The van der Waals surface area contributed by atoms with Gasteiger partial charge in [0.15, 0.2) is 0 Å². The Hall–Kier alpha value is -0.870. The predicted octanol–water partition coefficient (Wildman–Crippen LogP) is 4.09. The molecule has 1 aromatic rings. The summed E-state index contributed by atoms with van der Waals surface area (Å²) in [5.41, 5.74) is 5.14. The van der Waals surface area contributed by atoms with Gasteiger partial charge in [0.05, 0.1) is 4.90 Å². The Labute approximate surface area is 135 Å². The van der Waals surface area contributed by atoms with Crippen LogP contribution in [0.4, 0.5) is 0 Å². The Balaban J connectivity index is 2.38. The van der Waals surface area contributed by atoms with Gasteiger partial charge >= 0.3 is 0 Å². The van der Waals surface area contributed by atoms with Gasteiger partial charge in [-0.3, -0.25) is 0 Å². The van der Waals surface area contributed by atoms with Crippen molar-refractivity contribution in [3.05, 3.63) is 27.8 Å². The van der Waals surface area contributed by atoms with Crippen molar-refractivity contribution < 1.29 is 8.42 Å². The van der Waals surface area contributed by atoms with Gasteiger partial charge in [-0.1, -0.05) is 6.92 Å². The molecular formula is C18H29NO2S. The Bertz CT molecular complexity index is 640. The molecule has 1 saturated carbocycles. The molecule has 0 atom stereocenters. The summed E-state index contributed by atoms with van der Waals surface area (Å²) in [5.74, 6) is 0.716. The monoisotopic (exact) mass is 323 g/mol. The average molecular weight is 324 g/mol. The Morgan fingerprint density at radius 3 is 1.64 bits per heavy atom. The molecule has 124 valence electrons. The van der Waals surface area contributed by atoms with Crippen molar-refractivity contribution in [1.82, 2.24) is 4.72 Å². The lowest BCUT2D eigenvalue weighted by Crippen LogP contribution is -2.38. The minimum atomic E-state index is -3.45. The second-order valence-corrected chi connectivity index (χ2v) is 8.68. The highest BCUT2D eigenvalue weighted by Gasteiger charge is 2.28. The Morgan fingerprint density at radius 2 is 1.18 bits per heavy atom. The van der Waals surface area contributed by atoms with Crippen LogP contribution in [0.2, 0.25) is 0 Å². The summed E-state index contributed by atoms with van der Waals surface area (Å²) in [6.45, 7) is 12.2. The van der Waals surface area contributed by atoms with E-state index in [-0.39, 0.29) is 6.04 Å². The second-order valence-electron chi connectivity index (χ2n) is 7.03. The molecule has 0 heterocycles. The molecule has 2 rings (SSSR count). The van der Waals surface area contributed by atoms with E-state index in [0.717, 1.165) is 47.9 Å². The predicted molar refractivity (Wildman–Crippen MR) is 91.9 cm³/mol. The van der Waals surface area contributed by atoms with Gasteiger partial charge in [-0.05, 0) is 94.0 Å². The number of hydrogen-bond donors (Lipinski definition) is 1. The molecular weight excluding hydrogens is 294 g/mol. The molecule has 1 aromatic carbocycles. The zero-order valence-corrected chi connectivity index (χ0v) is 15.5. The van der Waals surface area contributed by atoms with Crippen LogP contribution in [-0.4, -0.2) is 14.5 Å². The van der Waals surface area contributed by atoms with Crippen LogP contribution in [0.25, 0.3) is 0 Å². The van der Waals surface area contributed by atoms with E-state index in [9.17, 15) is 8.42 Å². The maximum Gasteiger partial charge on any atom is 0.241 e. The van der Waals surface area contributed by atoms with Crippen LogP contribution >= 0.6 is 0 Å². The van der Waals surface area contributed by atoms with E-state index in [4.69, 9.17) is 0 Å². The molecule has 4 heteroatoms. The highest BCUT2D eigenvalue weighted by Crippen LogP contribution is 2.31. The Kier molecular flexibility index (Phi) is 5.03. The van der Waals surface area contributed by atoms with Gasteiger partial charge in [0, 0.05) is 6.04 Å². The molecule has 1 N–H and O–H groups in total. The summed E-state index contributed by atoms with van der Waals surface area (Å²) >= 11 is 0. The highest BCUT2D eigenvalue weighted by atomic mass is 32.2. The minimum Gasteiger partial charge on any atom is -0.208 e. The molecule has 0 unspecified atom stereocenters. The van der Waals surface area contributed by atoms with Gasteiger partial charge in [0.25, 0.3) is 0 Å².